The Balaban J connectivity index is 1.96. The van der Waals surface area contributed by atoms with Gasteiger partial charge in [0.1, 0.15) is 17.3 Å². The number of ketones is 1. The fourth-order valence-corrected chi connectivity index (χ4v) is 3.97. The van der Waals surface area contributed by atoms with Crippen LogP contribution >= 0.6 is 11.6 Å². The van der Waals surface area contributed by atoms with E-state index in [9.17, 15) is 28.6 Å². The quantitative estimate of drug-likeness (QED) is 0.319. The van der Waals surface area contributed by atoms with Gasteiger partial charge in [0.15, 0.2) is 11.6 Å². The van der Waals surface area contributed by atoms with Gasteiger partial charge in [0.05, 0.1) is 23.7 Å². The molecule has 3 aromatic rings. The fraction of sp³-hybridized carbons (Fsp3) is 0.0833. The molecule has 0 radical (unpaired) electrons. The third-order valence-corrected chi connectivity index (χ3v) is 5.53. The predicted octanol–water partition coefficient (Wildman–Crippen LogP) is 4.96. The van der Waals surface area contributed by atoms with E-state index in [-0.39, 0.29) is 33.2 Å². The number of aromatic hydroxyl groups is 1. The highest BCUT2D eigenvalue weighted by atomic mass is 35.5. The molecule has 168 valence electrons. The van der Waals surface area contributed by atoms with Crippen LogP contribution in [0, 0.1) is 11.6 Å². The normalized spacial score (nSPS) is 17.5. The number of aliphatic hydroxyl groups excluding tert-OH is 1. The summed E-state index contributed by atoms with van der Waals surface area (Å²) in [4.78, 5) is 27.0. The Morgan fingerprint density at radius 3 is 2.42 bits per heavy atom. The van der Waals surface area contributed by atoms with Crippen molar-refractivity contribution in [3.8, 4) is 11.5 Å². The second kappa shape index (κ2) is 8.55. The van der Waals surface area contributed by atoms with Gasteiger partial charge in [-0.1, -0.05) is 23.7 Å². The highest BCUT2D eigenvalue weighted by molar-refractivity contribution is 6.51. The van der Waals surface area contributed by atoms with Gasteiger partial charge in [-0.2, -0.15) is 0 Å². The molecule has 0 aromatic heterocycles. The number of phenols is 1. The SMILES string of the molecule is COc1ccc(/C(O)=C2\C(=O)C(=O)N(c3ccc(F)c(F)c3)C2c2cccc(O)c2)cc1Cl. The third kappa shape index (κ3) is 3.89. The Labute approximate surface area is 191 Å². The number of nitrogens with zero attached hydrogens (tertiary/aromatic N) is 1. The summed E-state index contributed by atoms with van der Waals surface area (Å²) in [6.45, 7) is 0. The van der Waals surface area contributed by atoms with Gasteiger partial charge in [-0.25, -0.2) is 8.78 Å². The number of halogens is 3. The molecule has 0 spiro atoms. The molecule has 1 saturated heterocycles. The summed E-state index contributed by atoms with van der Waals surface area (Å²) in [6.07, 6.45) is 0. The maximum absolute atomic E-state index is 14.0. The van der Waals surface area contributed by atoms with Crippen LogP contribution in [0.5, 0.6) is 11.5 Å². The Morgan fingerprint density at radius 1 is 1.03 bits per heavy atom. The van der Waals surface area contributed by atoms with Crippen molar-refractivity contribution < 1.29 is 33.3 Å². The fourth-order valence-electron chi connectivity index (χ4n) is 3.71. The maximum atomic E-state index is 14.0. The lowest BCUT2D eigenvalue weighted by molar-refractivity contribution is -0.132. The summed E-state index contributed by atoms with van der Waals surface area (Å²) in [7, 11) is 1.41. The van der Waals surface area contributed by atoms with E-state index in [2.05, 4.69) is 0 Å². The monoisotopic (exact) mass is 471 g/mol. The van der Waals surface area contributed by atoms with Crippen molar-refractivity contribution in [2.75, 3.05) is 12.0 Å². The zero-order valence-electron chi connectivity index (χ0n) is 17.1. The summed E-state index contributed by atoms with van der Waals surface area (Å²) in [6, 6.07) is 11.5. The smallest absolute Gasteiger partial charge is 0.300 e. The van der Waals surface area contributed by atoms with Crippen LogP contribution in [-0.2, 0) is 9.59 Å². The van der Waals surface area contributed by atoms with Crippen LogP contribution in [0.25, 0.3) is 5.76 Å². The van der Waals surface area contributed by atoms with Gasteiger partial charge in [0.2, 0.25) is 0 Å². The van der Waals surface area contributed by atoms with E-state index in [1.165, 1.54) is 49.6 Å². The van der Waals surface area contributed by atoms with E-state index in [4.69, 9.17) is 16.3 Å². The first kappa shape index (κ1) is 22.3. The molecule has 0 bridgehead atoms. The van der Waals surface area contributed by atoms with Crippen LogP contribution < -0.4 is 9.64 Å². The lowest BCUT2D eigenvalue weighted by atomic mass is 9.95. The number of ether oxygens (including phenoxy) is 1. The molecule has 0 aliphatic carbocycles. The number of hydrogen-bond donors (Lipinski definition) is 2. The number of carbonyl (C=O) groups is 2. The van der Waals surface area contributed by atoms with Crippen LogP contribution in [0.15, 0.2) is 66.2 Å². The molecule has 3 aromatic carbocycles. The number of amides is 1. The summed E-state index contributed by atoms with van der Waals surface area (Å²) >= 11 is 6.15. The number of rotatable bonds is 4. The number of phenolic OH excluding ortho intramolecular Hbond substituents is 1. The molecule has 33 heavy (non-hydrogen) atoms. The molecular formula is C24H16ClF2NO5. The minimum atomic E-state index is -1.23. The van der Waals surface area contributed by atoms with Gasteiger partial charge in [-0.05, 0) is 48.0 Å². The van der Waals surface area contributed by atoms with Gasteiger partial charge in [-0.3, -0.25) is 14.5 Å². The molecule has 1 amide bonds. The van der Waals surface area contributed by atoms with Gasteiger partial charge in [0, 0.05) is 17.3 Å². The summed E-state index contributed by atoms with van der Waals surface area (Å²) in [5.74, 6) is -4.80. The second-order valence-corrected chi connectivity index (χ2v) is 7.62. The molecule has 9 heteroatoms. The van der Waals surface area contributed by atoms with Crippen LogP contribution in [-0.4, -0.2) is 29.0 Å². The standard InChI is InChI=1S/C24H16ClF2NO5/c1-33-19-8-5-13(10-16(19)25)22(30)20-21(12-3-2-4-15(29)9-12)28(24(32)23(20)31)14-6-7-17(26)18(27)11-14/h2-11,21,29-30H,1H3/b22-20+. The Bertz CT molecular complexity index is 1320. The number of benzene rings is 3. The number of hydrogen-bond acceptors (Lipinski definition) is 5. The molecule has 1 heterocycles. The zero-order valence-corrected chi connectivity index (χ0v) is 17.8. The minimum Gasteiger partial charge on any atom is -0.508 e. The molecule has 0 saturated carbocycles. The highest BCUT2D eigenvalue weighted by Crippen LogP contribution is 2.43. The molecule has 6 nitrogen and oxygen atoms in total. The number of Topliss-reactive ketones (excluding diaryl/α,β-unsaturated/α-hetero) is 1. The van der Waals surface area contributed by atoms with E-state index in [1.807, 2.05) is 0 Å². The Hall–Kier alpha value is -3.91. The summed E-state index contributed by atoms with van der Waals surface area (Å²) in [5, 5.41) is 21.2. The Kier molecular flexibility index (Phi) is 5.78. The highest BCUT2D eigenvalue weighted by Gasteiger charge is 2.47. The van der Waals surface area contributed by atoms with Crippen molar-refractivity contribution in [1.29, 1.82) is 0 Å². The van der Waals surface area contributed by atoms with Gasteiger partial charge < -0.3 is 14.9 Å². The number of methoxy groups -OCH3 is 1. The number of carbonyl (C=O) groups excluding carboxylic acids is 2. The van der Waals surface area contributed by atoms with Crippen LogP contribution in [0.2, 0.25) is 5.02 Å². The largest absolute Gasteiger partial charge is 0.508 e. The first-order chi connectivity index (χ1) is 15.7. The third-order valence-electron chi connectivity index (χ3n) is 5.24. The topological polar surface area (TPSA) is 87.1 Å². The van der Waals surface area contributed by atoms with E-state index >= 15 is 0 Å². The lowest BCUT2D eigenvalue weighted by Crippen LogP contribution is -2.29. The van der Waals surface area contributed by atoms with Crippen molar-refractivity contribution in [3.63, 3.8) is 0 Å². The van der Waals surface area contributed by atoms with E-state index < -0.39 is 35.1 Å². The van der Waals surface area contributed by atoms with Crippen LogP contribution in [0.3, 0.4) is 0 Å². The van der Waals surface area contributed by atoms with Gasteiger partial charge >= 0.3 is 0 Å². The van der Waals surface area contributed by atoms with Crippen molar-refractivity contribution in [1.82, 2.24) is 0 Å². The van der Waals surface area contributed by atoms with Crippen LogP contribution in [0.4, 0.5) is 14.5 Å². The zero-order chi connectivity index (χ0) is 23.9. The molecule has 2 N–H and O–H groups in total. The van der Waals surface area contributed by atoms with E-state index in [1.54, 1.807) is 0 Å². The number of anilines is 1. The molecule has 1 unspecified atom stereocenters. The second-order valence-electron chi connectivity index (χ2n) is 7.21. The first-order valence-electron chi connectivity index (χ1n) is 9.61. The predicted molar refractivity (Wildman–Crippen MR) is 117 cm³/mol. The molecule has 1 aliphatic rings. The summed E-state index contributed by atoms with van der Waals surface area (Å²) < 4.78 is 32.6. The molecule has 1 atom stereocenters. The van der Waals surface area contributed by atoms with Crippen molar-refractivity contribution in [3.05, 3.63) is 94.0 Å². The average molecular weight is 472 g/mol. The van der Waals surface area contributed by atoms with Gasteiger partial charge in [-0.15, -0.1) is 0 Å². The van der Waals surface area contributed by atoms with Crippen LogP contribution in [0.1, 0.15) is 17.2 Å². The Morgan fingerprint density at radius 2 is 1.79 bits per heavy atom. The van der Waals surface area contributed by atoms with E-state index in [0.29, 0.717) is 5.75 Å². The number of aliphatic hydroxyl groups is 1. The molecule has 1 fully saturated rings. The van der Waals surface area contributed by atoms with Crippen molar-refractivity contribution >= 4 is 34.7 Å². The molecular weight excluding hydrogens is 456 g/mol. The van der Waals surface area contributed by atoms with Crippen molar-refractivity contribution in [2.24, 2.45) is 0 Å². The average Bonchev–Trinajstić information content (AvgIpc) is 3.06. The minimum absolute atomic E-state index is 0.101. The molecule has 4 rings (SSSR count). The molecule has 1 aliphatic heterocycles. The van der Waals surface area contributed by atoms with Crippen molar-refractivity contribution in [2.45, 2.75) is 6.04 Å². The first-order valence-corrected chi connectivity index (χ1v) is 9.99. The maximum Gasteiger partial charge on any atom is 0.300 e. The summed E-state index contributed by atoms with van der Waals surface area (Å²) in [5.41, 5.74) is -0.0120. The van der Waals surface area contributed by atoms with E-state index in [0.717, 1.165) is 23.1 Å². The lowest BCUT2D eigenvalue weighted by Gasteiger charge is -2.25. The van der Waals surface area contributed by atoms with Gasteiger partial charge in [0.25, 0.3) is 11.7 Å².